The first-order chi connectivity index (χ1) is 14.2. The van der Waals surface area contributed by atoms with Gasteiger partial charge in [0.05, 0.1) is 17.6 Å². The first-order valence-corrected chi connectivity index (χ1v) is 9.60. The van der Waals surface area contributed by atoms with E-state index >= 15 is 0 Å². The van der Waals surface area contributed by atoms with Crippen LogP contribution in [0.4, 0.5) is 5.69 Å². The van der Waals surface area contributed by atoms with E-state index in [1.807, 2.05) is 73.7 Å². The van der Waals surface area contributed by atoms with E-state index in [-0.39, 0.29) is 5.69 Å². The van der Waals surface area contributed by atoms with Gasteiger partial charge in [-0.05, 0) is 36.8 Å². The zero-order valence-corrected chi connectivity index (χ0v) is 16.2. The number of hydrogen-bond donors (Lipinski definition) is 3. The Hall–Kier alpha value is -3.67. The number of H-pyrrole nitrogens is 2. The van der Waals surface area contributed by atoms with Crippen molar-refractivity contribution in [3.63, 3.8) is 0 Å². The summed E-state index contributed by atoms with van der Waals surface area (Å²) >= 11 is 0. The molecule has 0 atom stereocenters. The third kappa shape index (κ3) is 4.43. The highest BCUT2D eigenvalue weighted by atomic mass is 16.5. The van der Waals surface area contributed by atoms with Crippen LogP contribution in [0.5, 0.6) is 11.5 Å². The van der Waals surface area contributed by atoms with E-state index in [0.29, 0.717) is 19.8 Å². The van der Waals surface area contributed by atoms with E-state index < -0.39 is 0 Å². The number of para-hydroxylation sites is 1. The van der Waals surface area contributed by atoms with Gasteiger partial charge in [-0.25, -0.2) is 4.79 Å². The van der Waals surface area contributed by atoms with Gasteiger partial charge in [-0.1, -0.05) is 42.5 Å². The van der Waals surface area contributed by atoms with Crippen LogP contribution in [0.15, 0.2) is 71.5 Å². The molecule has 6 heteroatoms. The Labute approximate surface area is 168 Å². The van der Waals surface area contributed by atoms with Gasteiger partial charge in [0.2, 0.25) is 0 Å². The van der Waals surface area contributed by atoms with E-state index in [4.69, 9.17) is 9.47 Å². The number of aromatic amines is 2. The topological polar surface area (TPSA) is 79.1 Å². The Morgan fingerprint density at radius 2 is 1.72 bits per heavy atom. The van der Waals surface area contributed by atoms with Gasteiger partial charge in [0.25, 0.3) is 0 Å². The van der Waals surface area contributed by atoms with E-state index in [2.05, 4.69) is 15.3 Å². The van der Waals surface area contributed by atoms with Gasteiger partial charge in [-0.2, -0.15) is 0 Å². The number of rotatable bonds is 8. The number of aromatic nitrogens is 2. The zero-order chi connectivity index (χ0) is 20.1. The van der Waals surface area contributed by atoms with Crippen LogP contribution >= 0.6 is 0 Å². The lowest BCUT2D eigenvalue weighted by molar-refractivity contribution is 0.267. The van der Waals surface area contributed by atoms with Crippen LogP contribution in [0.25, 0.3) is 11.0 Å². The Morgan fingerprint density at radius 1 is 0.897 bits per heavy atom. The van der Waals surface area contributed by atoms with Crippen LogP contribution in [0.2, 0.25) is 0 Å². The van der Waals surface area contributed by atoms with Crippen molar-refractivity contribution in [1.82, 2.24) is 9.97 Å². The average molecular weight is 389 g/mol. The number of benzene rings is 3. The summed E-state index contributed by atoms with van der Waals surface area (Å²) in [5.41, 5.74) is 4.34. The van der Waals surface area contributed by atoms with Crippen molar-refractivity contribution in [3.05, 3.63) is 88.3 Å². The molecule has 0 amide bonds. The number of ether oxygens (including phenoxy) is 2. The van der Waals surface area contributed by atoms with Crippen LogP contribution in [0, 0.1) is 0 Å². The molecule has 4 rings (SSSR count). The molecule has 0 aliphatic carbocycles. The zero-order valence-electron chi connectivity index (χ0n) is 16.2. The minimum Gasteiger partial charge on any atom is -0.490 e. The highest BCUT2D eigenvalue weighted by Crippen LogP contribution is 2.33. The molecule has 148 valence electrons. The lowest BCUT2D eigenvalue weighted by Crippen LogP contribution is -2.06. The van der Waals surface area contributed by atoms with Crippen LogP contribution < -0.4 is 20.5 Å². The van der Waals surface area contributed by atoms with Gasteiger partial charge in [0.1, 0.15) is 6.61 Å². The molecule has 1 aromatic heterocycles. The average Bonchev–Trinajstić information content (AvgIpc) is 3.11. The van der Waals surface area contributed by atoms with E-state index in [1.165, 1.54) is 0 Å². The number of anilines is 1. The van der Waals surface area contributed by atoms with Crippen LogP contribution in [0.3, 0.4) is 0 Å². The molecule has 3 aromatic carbocycles. The molecule has 3 N–H and O–H groups in total. The largest absolute Gasteiger partial charge is 0.490 e. The maximum absolute atomic E-state index is 11.5. The molecule has 6 nitrogen and oxygen atoms in total. The predicted octanol–water partition coefficient (Wildman–Crippen LogP) is 4.45. The molecule has 0 unspecified atom stereocenters. The van der Waals surface area contributed by atoms with Crippen molar-refractivity contribution in [2.24, 2.45) is 0 Å². The quantitative estimate of drug-likeness (QED) is 0.416. The van der Waals surface area contributed by atoms with Gasteiger partial charge >= 0.3 is 5.69 Å². The summed E-state index contributed by atoms with van der Waals surface area (Å²) in [7, 11) is 0. The minimum atomic E-state index is -0.210. The minimum absolute atomic E-state index is 0.210. The number of hydrogen-bond acceptors (Lipinski definition) is 4. The summed E-state index contributed by atoms with van der Waals surface area (Å²) in [6, 6.07) is 21.7. The Kier molecular flexibility index (Phi) is 5.52. The van der Waals surface area contributed by atoms with Crippen LogP contribution in [-0.2, 0) is 13.2 Å². The SMILES string of the molecule is CCOc1cccc(CNc2ccc3[nH]c(=O)[nH]c3c2)c1OCc1ccccc1. The number of nitrogens with one attached hydrogen (secondary N) is 3. The second kappa shape index (κ2) is 8.56. The van der Waals surface area contributed by atoms with E-state index in [9.17, 15) is 4.79 Å². The monoisotopic (exact) mass is 389 g/mol. The molecule has 29 heavy (non-hydrogen) atoms. The van der Waals surface area contributed by atoms with Gasteiger partial charge in [-0.15, -0.1) is 0 Å². The van der Waals surface area contributed by atoms with Crippen molar-refractivity contribution in [1.29, 1.82) is 0 Å². The van der Waals surface area contributed by atoms with Crippen LogP contribution in [-0.4, -0.2) is 16.6 Å². The summed E-state index contributed by atoms with van der Waals surface area (Å²) in [6.07, 6.45) is 0. The van der Waals surface area contributed by atoms with E-state index in [1.54, 1.807) is 0 Å². The fraction of sp³-hybridized carbons (Fsp3) is 0.174. The molecule has 1 heterocycles. The van der Waals surface area contributed by atoms with Gasteiger partial charge < -0.3 is 24.8 Å². The van der Waals surface area contributed by atoms with Crippen molar-refractivity contribution >= 4 is 16.7 Å². The molecular weight excluding hydrogens is 366 g/mol. The Balaban J connectivity index is 1.54. The van der Waals surface area contributed by atoms with Gasteiger partial charge in [0.15, 0.2) is 11.5 Å². The molecule has 0 bridgehead atoms. The van der Waals surface area contributed by atoms with Gasteiger partial charge in [-0.3, -0.25) is 0 Å². The number of fused-ring (bicyclic) bond motifs is 1. The number of imidazole rings is 1. The molecule has 0 aliphatic heterocycles. The first-order valence-electron chi connectivity index (χ1n) is 9.60. The molecule has 0 saturated heterocycles. The first kappa shape index (κ1) is 18.7. The highest BCUT2D eigenvalue weighted by molar-refractivity contribution is 5.78. The lowest BCUT2D eigenvalue weighted by Gasteiger charge is -2.17. The fourth-order valence-electron chi connectivity index (χ4n) is 3.20. The third-order valence-corrected chi connectivity index (χ3v) is 4.59. The molecular formula is C23H23N3O3. The predicted molar refractivity (Wildman–Crippen MR) is 115 cm³/mol. The molecule has 0 spiro atoms. The normalized spacial score (nSPS) is 10.8. The Morgan fingerprint density at radius 3 is 2.55 bits per heavy atom. The summed E-state index contributed by atoms with van der Waals surface area (Å²) in [5.74, 6) is 1.47. The maximum Gasteiger partial charge on any atom is 0.323 e. The second-order valence-electron chi connectivity index (χ2n) is 6.64. The summed E-state index contributed by atoms with van der Waals surface area (Å²) in [5, 5.41) is 3.40. The van der Waals surface area contributed by atoms with E-state index in [0.717, 1.165) is 39.3 Å². The fourth-order valence-corrected chi connectivity index (χ4v) is 3.20. The lowest BCUT2D eigenvalue weighted by atomic mass is 10.1. The van der Waals surface area contributed by atoms with Gasteiger partial charge in [0, 0.05) is 17.8 Å². The summed E-state index contributed by atoms with van der Waals surface area (Å²) < 4.78 is 11.9. The molecule has 0 fully saturated rings. The van der Waals surface area contributed by atoms with Crippen molar-refractivity contribution in [3.8, 4) is 11.5 Å². The maximum atomic E-state index is 11.5. The smallest absolute Gasteiger partial charge is 0.323 e. The molecule has 0 aliphatic rings. The van der Waals surface area contributed by atoms with Crippen molar-refractivity contribution < 1.29 is 9.47 Å². The van der Waals surface area contributed by atoms with Crippen molar-refractivity contribution in [2.75, 3.05) is 11.9 Å². The highest BCUT2D eigenvalue weighted by Gasteiger charge is 2.12. The molecule has 0 radical (unpaired) electrons. The summed E-state index contributed by atoms with van der Waals surface area (Å²) in [6.45, 7) is 3.55. The van der Waals surface area contributed by atoms with Crippen LogP contribution in [0.1, 0.15) is 18.1 Å². The molecule has 0 saturated carbocycles. The second-order valence-corrected chi connectivity index (χ2v) is 6.64. The summed E-state index contributed by atoms with van der Waals surface area (Å²) in [4.78, 5) is 17.0. The van der Waals surface area contributed by atoms with Crippen molar-refractivity contribution in [2.45, 2.75) is 20.1 Å². The third-order valence-electron chi connectivity index (χ3n) is 4.59. The molecule has 4 aromatic rings. The standard InChI is InChI=1S/C23H23N3O3/c1-2-28-21-10-6-9-17(22(21)29-15-16-7-4-3-5-8-16)14-24-18-11-12-19-20(13-18)26-23(27)25-19/h3-13,24H,2,14-15H2,1H3,(H2,25,26,27). The Bertz CT molecular complexity index is 1150.